The maximum absolute atomic E-state index is 12.7. The number of piperazine rings is 1. The zero-order chi connectivity index (χ0) is 18.5. The van der Waals surface area contributed by atoms with Gasteiger partial charge in [-0.15, -0.1) is 0 Å². The number of aliphatic hydroxyl groups is 1. The molecule has 0 bridgehead atoms. The van der Waals surface area contributed by atoms with E-state index < -0.39 is 12.2 Å². The van der Waals surface area contributed by atoms with E-state index in [1.165, 1.54) is 0 Å². The Labute approximate surface area is 155 Å². The van der Waals surface area contributed by atoms with Gasteiger partial charge in [-0.1, -0.05) is 0 Å². The van der Waals surface area contributed by atoms with Gasteiger partial charge in [0, 0.05) is 52.7 Å². The van der Waals surface area contributed by atoms with Gasteiger partial charge in [0.1, 0.15) is 0 Å². The average Bonchev–Trinajstić information content (AvgIpc) is 2.68. The summed E-state index contributed by atoms with van der Waals surface area (Å²) in [6, 6.07) is 0. The zero-order valence-electron chi connectivity index (χ0n) is 15.6. The Morgan fingerprint density at radius 2 is 1.69 bits per heavy atom. The van der Waals surface area contributed by atoms with Crippen LogP contribution in [0.2, 0.25) is 0 Å². The molecule has 0 radical (unpaired) electrons. The summed E-state index contributed by atoms with van der Waals surface area (Å²) in [6.45, 7) is 8.04. The molecule has 0 aromatic carbocycles. The fourth-order valence-corrected chi connectivity index (χ4v) is 3.89. The van der Waals surface area contributed by atoms with Crippen LogP contribution in [-0.2, 0) is 19.1 Å². The van der Waals surface area contributed by atoms with E-state index >= 15 is 0 Å². The van der Waals surface area contributed by atoms with Crippen LogP contribution in [0.3, 0.4) is 0 Å². The molecular weight excluding hydrogens is 338 g/mol. The van der Waals surface area contributed by atoms with E-state index in [4.69, 9.17) is 9.47 Å². The van der Waals surface area contributed by atoms with Crippen LogP contribution < -0.4 is 0 Å². The van der Waals surface area contributed by atoms with E-state index in [-0.39, 0.29) is 17.9 Å². The van der Waals surface area contributed by atoms with Crippen molar-refractivity contribution in [2.45, 2.75) is 44.5 Å². The molecular formula is C18H31N3O5. The zero-order valence-corrected chi connectivity index (χ0v) is 15.6. The van der Waals surface area contributed by atoms with Crippen molar-refractivity contribution in [2.24, 2.45) is 0 Å². The largest absolute Gasteiger partial charge is 0.390 e. The number of amides is 2. The minimum atomic E-state index is -0.749. The van der Waals surface area contributed by atoms with Gasteiger partial charge >= 0.3 is 0 Å². The van der Waals surface area contributed by atoms with E-state index in [0.717, 1.165) is 45.6 Å². The van der Waals surface area contributed by atoms with E-state index in [1.54, 1.807) is 11.8 Å². The topological polar surface area (TPSA) is 82.6 Å². The highest BCUT2D eigenvalue weighted by molar-refractivity contribution is 5.81. The minimum absolute atomic E-state index is 0.000716. The Bertz CT molecular complexity index is 489. The van der Waals surface area contributed by atoms with Gasteiger partial charge in [0.2, 0.25) is 5.91 Å². The summed E-state index contributed by atoms with van der Waals surface area (Å²) in [5.41, 5.74) is 0. The number of hydrogen-bond acceptors (Lipinski definition) is 6. The molecule has 3 unspecified atom stereocenters. The lowest BCUT2D eigenvalue weighted by atomic mass is 9.98. The fraction of sp³-hybridized carbons (Fsp3) is 0.889. The van der Waals surface area contributed by atoms with Crippen LogP contribution in [0.25, 0.3) is 0 Å². The third-order valence-corrected chi connectivity index (χ3v) is 5.62. The quantitative estimate of drug-likeness (QED) is 0.706. The summed E-state index contributed by atoms with van der Waals surface area (Å²) in [6.07, 6.45) is 0.756. The van der Waals surface area contributed by atoms with Crippen molar-refractivity contribution in [3.63, 3.8) is 0 Å². The number of morpholine rings is 1. The van der Waals surface area contributed by atoms with E-state index in [1.807, 2.05) is 4.90 Å². The van der Waals surface area contributed by atoms with Gasteiger partial charge in [-0.3, -0.25) is 14.5 Å². The smallest absolute Gasteiger partial charge is 0.254 e. The second kappa shape index (κ2) is 9.12. The predicted molar refractivity (Wildman–Crippen MR) is 94.6 cm³/mol. The lowest BCUT2D eigenvalue weighted by molar-refractivity contribution is -0.171. The number of rotatable bonds is 4. The molecule has 0 aromatic heterocycles. The number of carbonyl (C=O) groups excluding carboxylic acids is 2. The lowest BCUT2D eigenvalue weighted by Gasteiger charge is -2.38. The van der Waals surface area contributed by atoms with Crippen LogP contribution in [0.1, 0.15) is 26.2 Å². The summed E-state index contributed by atoms with van der Waals surface area (Å²) in [5.74, 6) is 0.0271. The predicted octanol–water partition coefficient (Wildman–Crippen LogP) is -0.692. The van der Waals surface area contributed by atoms with Gasteiger partial charge < -0.3 is 24.4 Å². The van der Waals surface area contributed by atoms with Crippen molar-refractivity contribution >= 4 is 11.8 Å². The summed E-state index contributed by atoms with van der Waals surface area (Å²) in [4.78, 5) is 30.0. The van der Waals surface area contributed by atoms with Crippen LogP contribution in [0, 0.1) is 0 Å². The van der Waals surface area contributed by atoms with E-state index in [9.17, 15) is 14.7 Å². The molecule has 3 fully saturated rings. The van der Waals surface area contributed by atoms with Crippen molar-refractivity contribution < 1.29 is 24.2 Å². The highest BCUT2D eigenvalue weighted by Crippen LogP contribution is 2.24. The lowest BCUT2D eigenvalue weighted by Crippen LogP contribution is -2.53. The molecule has 148 valence electrons. The molecule has 0 spiro atoms. The molecule has 26 heavy (non-hydrogen) atoms. The molecule has 0 aliphatic carbocycles. The Morgan fingerprint density at radius 3 is 2.35 bits per heavy atom. The molecule has 8 heteroatoms. The van der Waals surface area contributed by atoms with Gasteiger partial charge in [0.05, 0.1) is 25.4 Å². The molecule has 3 saturated heterocycles. The number of carbonyl (C=O) groups is 2. The first-order valence-corrected chi connectivity index (χ1v) is 9.72. The normalized spacial score (nSPS) is 31.1. The van der Waals surface area contributed by atoms with Gasteiger partial charge in [0.15, 0.2) is 6.10 Å². The molecule has 8 nitrogen and oxygen atoms in total. The van der Waals surface area contributed by atoms with Gasteiger partial charge in [-0.25, -0.2) is 0 Å². The van der Waals surface area contributed by atoms with Crippen molar-refractivity contribution in [3.05, 3.63) is 0 Å². The van der Waals surface area contributed by atoms with Gasteiger partial charge in [0.25, 0.3) is 5.91 Å². The number of ether oxygens (including phenoxy) is 2. The number of aliphatic hydroxyl groups excluding tert-OH is 1. The second-order valence-electron chi connectivity index (χ2n) is 7.40. The van der Waals surface area contributed by atoms with Crippen LogP contribution in [0.4, 0.5) is 0 Å². The molecule has 3 aliphatic heterocycles. The second-order valence-corrected chi connectivity index (χ2v) is 7.40. The Kier molecular flexibility index (Phi) is 6.86. The summed E-state index contributed by atoms with van der Waals surface area (Å²) < 4.78 is 11.3. The monoisotopic (exact) mass is 369 g/mol. The molecule has 2 amide bonds. The third kappa shape index (κ3) is 4.94. The molecule has 0 saturated carbocycles. The van der Waals surface area contributed by atoms with Crippen LogP contribution in [-0.4, -0.2) is 109 Å². The van der Waals surface area contributed by atoms with E-state index in [0.29, 0.717) is 32.7 Å². The van der Waals surface area contributed by atoms with Crippen molar-refractivity contribution in [1.82, 2.24) is 14.7 Å². The first-order chi connectivity index (χ1) is 12.5. The molecule has 3 heterocycles. The van der Waals surface area contributed by atoms with Gasteiger partial charge in [-0.2, -0.15) is 0 Å². The maximum Gasteiger partial charge on any atom is 0.254 e. The third-order valence-electron chi connectivity index (χ3n) is 5.62. The van der Waals surface area contributed by atoms with Crippen LogP contribution >= 0.6 is 0 Å². The Morgan fingerprint density at radius 1 is 1.00 bits per heavy atom. The van der Waals surface area contributed by atoms with Crippen molar-refractivity contribution in [3.8, 4) is 0 Å². The molecule has 3 atom stereocenters. The SMILES string of the molecule is CC(=O)N1CCN(CCC2CCC(O)C(C(=O)N3CCOCC3)O2)CC1. The highest BCUT2D eigenvalue weighted by Gasteiger charge is 2.38. The molecule has 3 aliphatic rings. The molecule has 3 rings (SSSR count). The van der Waals surface area contributed by atoms with Crippen molar-refractivity contribution in [1.29, 1.82) is 0 Å². The first kappa shape index (κ1) is 19.5. The first-order valence-electron chi connectivity index (χ1n) is 9.72. The number of hydrogen-bond donors (Lipinski definition) is 1. The minimum Gasteiger partial charge on any atom is -0.390 e. The Hall–Kier alpha value is -1.22. The van der Waals surface area contributed by atoms with E-state index in [2.05, 4.69) is 4.90 Å². The highest BCUT2D eigenvalue weighted by atomic mass is 16.5. The molecule has 1 N–H and O–H groups in total. The van der Waals surface area contributed by atoms with Gasteiger partial charge in [-0.05, 0) is 19.3 Å². The Balaban J connectivity index is 1.44. The number of nitrogens with zero attached hydrogens (tertiary/aromatic N) is 3. The maximum atomic E-state index is 12.7. The standard InChI is InChI=1S/C18H31N3O5/c1-14(22)20-8-6-19(7-9-20)5-4-15-2-3-16(23)17(26-15)18(24)21-10-12-25-13-11-21/h15-17,23H,2-13H2,1H3. The summed E-state index contributed by atoms with van der Waals surface area (Å²) >= 11 is 0. The van der Waals surface area contributed by atoms with Crippen molar-refractivity contribution in [2.75, 3.05) is 59.0 Å². The summed E-state index contributed by atoms with van der Waals surface area (Å²) in [5, 5.41) is 10.2. The molecule has 0 aromatic rings. The van der Waals surface area contributed by atoms with Crippen LogP contribution in [0.15, 0.2) is 0 Å². The van der Waals surface area contributed by atoms with Crippen LogP contribution in [0.5, 0.6) is 0 Å². The average molecular weight is 369 g/mol. The fourth-order valence-electron chi connectivity index (χ4n) is 3.89. The summed E-state index contributed by atoms with van der Waals surface area (Å²) in [7, 11) is 0.